The van der Waals surface area contributed by atoms with Crippen molar-refractivity contribution in [2.75, 3.05) is 11.5 Å². The number of carbonyl (C=O) groups is 1. The normalized spacial score (nSPS) is 15.1. The number of ether oxygens (including phenoxy) is 1. The average Bonchev–Trinajstić information content (AvgIpc) is 3.13. The van der Waals surface area contributed by atoms with Crippen molar-refractivity contribution >= 4 is 38.5 Å². The predicted molar refractivity (Wildman–Crippen MR) is 132 cm³/mol. The number of benzene rings is 3. The Labute approximate surface area is 203 Å². The molecule has 1 aliphatic rings. The molecule has 0 bridgehead atoms. The van der Waals surface area contributed by atoms with Gasteiger partial charge in [0.2, 0.25) is 5.76 Å². The lowest BCUT2D eigenvalue weighted by atomic mass is 9.98. The van der Waals surface area contributed by atoms with Crippen LogP contribution in [0.5, 0.6) is 5.75 Å². The second kappa shape index (κ2) is 9.06. The fourth-order valence-electron chi connectivity index (χ4n) is 4.24. The Hall–Kier alpha value is -3.45. The molecule has 5 nitrogen and oxygen atoms in total. The maximum Gasteiger partial charge on any atom is 0.295 e. The Morgan fingerprint density at radius 1 is 1.06 bits per heavy atom. The second-order valence-corrected chi connectivity index (χ2v) is 9.06. The molecule has 1 amide bonds. The van der Waals surface area contributed by atoms with Gasteiger partial charge >= 0.3 is 0 Å². The smallest absolute Gasteiger partial charge is 0.295 e. The van der Waals surface area contributed by atoms with Crippen LogP contribution in [0.4, 0.5) is 10.1 Å². The molecule has 2 heterocycles. The van der Waals surface area contributed by atoms with Crippen LogP contribution in [0.3, 0.4) is 0 Å². The molecule has 4 aromatic rings. The van der Waals surface area contributed by atoms with Gasteiger partial charge in [0.15, 0.2) is 5.43 Å². The van der Waals surface area contributed by atoms with Gasteiger partial charge in [-0.25, -0.2) is 4.39 Å². The van der Waals surface area contributed by atoms with Crippen molar-refractivity contribution in [1.82, 2.24) is 0 Å². The molecule has 0 fully saturated rings. The molecule has 0 saturated heterocycles. The zero-order chi connectivity index (χ0) is 23.8. The van der Waals surface area contributed by atoms with Gasteiger partial charge in [-0.05, 0) is 66.6 Å². The van der Waals surface area contributed by atoms with Gasteiger partial charge in [-0.3, -0.25) is 14.5 Å². The summed E-state index contributed by atoms with van der Waals surface area (Å²) in [7, 11) is 0. The summed E-state index contributed by atoms with van der Waals surface area (Å²) >= 11 is 3.40. The highest BCUT2D eigenvalue weighted by Gasteiger charge is 2.43. The molecule has 0 N–H and O–H groups in total. The van der Waals surface area contributed by atoms with Crippen LogP contribution in [0.25, 0.3) is 11.0 Å². The van der Waals surface area contributed by atoms with Crippen molar-refractivity contribution < 1.29 is 18.3 Å². The van der Waals surface area contributed by atoms with E-state index in [0.717, 1.165) is 17.3 Å². The van der Waals surface area contributed by atoms with Crippen molar-refractivity contribution in [3.8, 4) is 5.75 Å². The first-order chi connectivity index (χ1) is 16.5. The first kappa shape index (κ1) is 22.3. The molecule has 1 atom stereocenters. The molecule has 1 aliphatic heterocycles. The summed E-state index contributed by atoms with van der Waals surface area (Å²) in [6, 6.07) is 17.3. The summed E-state index contributed by atoms with van der Waals surface area (Å²) in [5.74, 6) is -0.225. The number of anilines is 1. The van der Waals surface area contributed by atoms with Crippen LogP contribution in [0.1, 0.15) is 47.5 Å². The van der Waals surface area contributed by atoms with E-state index in [9.17, 15) is 14.0 Å². The number of carbonyl (C=O) groups excluding carboxylic acids is 1. The lowest BCUT2D eigenvalue weighted by Crippen LogP contribution is -2.29. The lowest BCUT2D eigenvalue weighted by molar-refractivity contribution is 0.0971. The largest absolute Gasteiger partial charge is 0.494 e. The van der Waals surface area contributed by atoms with E-state index in [-0.39, 0.29) is 16.8 Å². The first-order valence-electron chi connectivity index (χ1n) is 11.1. The Kier molecular flexibility index (Phi) is 5.96. The second-order valence-electron chi connectivity index (χ2n) is 8.14. The Balaban J connectivity index is 1.71. The maximum absolute atomic E-state index is 13.7. The molecule has 3 aromatic carbocycles. The number of nitrogens with zero attached hydrogens (tertiary/aromatic N) is 1. The van der Waals surface area contributed by atoms with Crippen LogP contribution in [0, 0.1) is 5.82 Å². The van der Waals surface area contributed by atoms with E-state index in [0.29, 0.717) is 34.6 Å². The molecular formula is C27H21BrFNO4. The molecule has 5 rings (SSSR count). The molecule has 172 valence electrons. The van der Waals surface area contributed by atoms with Gasteiger partial charge in [-0.2, -0.15) is 0 Å². The number of amides is 1. The van der Waals surface area contributed by atoms with Crippen LogP contribution in [0.2, 0.25) is 0 Å². The van der Waals surface area contributed by atoms with Gasteiger partial charge in [0.25, 0.3) is 5.91 Å². The number of hydrogen-bond acceptors (Lipinski definition) is 4. The van der Waals surface area contributed by atoms with Gasteiger partial charge in [0.05, 0.1) is 23.6 Å². The zero-order valence-corrected chi connectivity index (χ0v) is 20.0. The Morgan fingerprint density at radius 3 is 2.62 bits per heavy atom. The molecule has 0 saturated carbocycles. The fourth-order valence-corrected chi connectivity index (χ4v) is 4.60. The molecule has 0 radical (unpaired) electrons. The molecule has 1 unspecified atom stereocenters. The topological polar surface area (TPSA) is 59.8 Å². The van der Waals surface area contributed by atoms with Crippen LogP contribution >= 0.6 is 15.9 Å². The number of unbranched alkanes of at least 4 members (excludes halogenated alkanes) is 1. The van der Waals surface area contributed by atoms with E-state index in [4.69, 9.17) is 9.15 Å². The maximum atomic E-state index is 13.7. The zero-order valence-electron chi connectivity index (χ0n) is 18.4. The summed E-state index contributed by atoms with van der Waals surface area (Å²) in [6.07, 6.45) is 1.92. The molecule has 1 aromatic heterocycles. The van der Waals surface area contributed by atoms with Gasteiger partial charge in [0, 0.05) is 10.2 Å². The number of fused-ring (bicyclic) bond motifs is 2. The standard InChI is InChI=1S/C27H21BrFNO4/c1-2-3-13-33-20-6-4-5-16(14-20)24-23-25(31)21-15-17(28)7-12-22(21)34-26(23)27(32)30(24)19-10-8-18(29)9-11-19/h4-12,14-15,24H,2-3,13H2,1H3. The van der Waals surface area contributed by atoms with E-state index in [1.54, 1.807) is 18.2 Å². The van der Waals surface area contributed by atoms with Crippen LogP contribution in [0.15, 0.2) is 80.4 Å². The van der Waals surface area contributed by atoms with Gasteiger partial charge in [-0.1, -0.05) is 41.4 Å². The SMILES string of the molecule is CCCCOc1cccc(C2c3c(oc4ccc(Br)cc4c3=O)C(=O)N2c2ccc(F)cc2)c1. The van der Waals surface area contributed by atoms with Crippen molar-refractivity contribution in [2.45, 2.75) is 25.8 Å². The molecule has 0 spiro atoms. The monoisotopic (exact) mass is 521 g/mol. The van der Waals surface area contributed by atoms with E-state index in [2.05, 4.69) is 22.9 Å². The number of hydrogen-bond donors (Lipinski definition) is 0. The number of rotatable bonds is 6. The molecule has 0 aliphatic carbocycles. The summed E-state index contributed by atoms with van der Waals surface area (Å²) < 4.78 is 26.2. The highest BCUT2D eigenvalue weighted by Crippen LogP contribution is 2.42. The third-order valence-electron chi connectivity index (χ3n) is 5.88. The summed E-state index contributed by atoms with van der Waals surface area (Å²) in [5, 5.41) is 0.377. The number of halogens is 2. The van der Waals surface area contributed by atoms with E-state index < -0.39 is 17.8 Å². The van der Waals surface area contributed by atoms with Crippen LogP contribution in [-0.2, 0) is 0 Å². The van der Waals surface area contributed by atoms with Gasteiger partial charge < -0.3 is 9.15 Å². The predicted octanol–water partition coefficient (Wildman–Crippen LogP) is 6.62. The molecule has 7 heteroatoms. The van der Waals surface area contributed by atoms with Gasteiger partial charge in [-0.15, -0.1) is 0 Å². The van der Waals surface area contributed by atoms with Crippen LogP contribution in [-0.4, -0.2) is 12.5 Å². The minimum Gasteiger partial charge on any atom is -0.494 e. The highest BCUT2D eigenvalue weighted by molar-refractivity contribution is 9.10. The van der Waals surface area contributed by atoms with E-state index in [1.165, 1.54) is 29.2 Å². The van der Waals surface area contributed by atoms with Crippen molar-refractivity contribution in [2.24, 2.45) is 0 Å². The fraction of sp³-hybridized carbons (Fsp3) is 0.185. The quantitative estimate of drug-likeness (QED) is 0.267. The summed E-state index contributed by atoms with van der Waals surface area (Å²) in [6.45, 7) is 2.66. The summed E-state index contributed by atoms with van der Waals surface area (Å²) in [4.78, 5) is 28.7. The van der Waals surface area contributed by atoms with E-state index >= 15 is 0 Å². The van der Waals surface area contributed by atoms with Crippen molar-refractivity contribution in [3.63, 3.8) is 0 Å². The average molecular weight is 522 g/mol. The van der Waals surface area contributed by atoms with Crippen LogP contribution < -0.4 is 15.1 Å². The Morgan fingerprint density at radius 2 is 1.85 bits per heavy atom. The lowest BCUT2D eigenvalue weighted by Gasteiger charge is -2.25. The van der Waals surface area contributed by atoms with E-state index in [1.807, 2.05) is 24.3 Å². The Bertz CT molecular complexity index is 1450. The molecule has 34 heavy (non-hydrogen) atoms. The van der Waals surface area contributed by atoms with Crippen molar-refractivity contribution in [3.05, 3.63) is 104 Å². The van der Waals surface area contributed by atoms with Crippen molar-refractivity contribution in [1.29, 1.82) is 0 Å². The third-order valence-corrected chi connectivity index (χ3v) is 6.37. The molecular weight excluding hydrogens is 501 g/mol. The highest BCUT2D eigenvalue weighted by atomic mass is 79.9. The first-order valence-corrected chi connectivity index (χ1v) is 11.9. The third kappa shape index (κ3) is 3.90. The minimum atomic E-state index is -0.748. The summed E-state index contributed by atoms with van der Waals surface area (Å²) in [5.41, 5.74) is 1.47. The minimum absolute atomic E-state index is 0.00791. The van der Waals surface area contributed by atoms with Gasteiger partial charge in [0.1, 0.15) is 17.1 Å².